The van der Waals surface area contributed by atoms with Crippen molar-refractivity contribution in [1.29, 1.82) is 0 Å². The SMILES string of the molecule is CC(=O)OC1(C(F)(F)F)ON=C(c2cc(F)c(Cl)cc2F)C1Cl. The molecule has 0 saturated carbocycles. The van der Waals surface area contributed by atoms with Gasteiger partial charge in [0.05, 0.1) is 5.02 Å². The third-order valence-corrected chi connectivity index (χ3v) is 3.61. The number of alkyl halides is 4. The number of oxime groups is 1. The number of carbonyl (C=O) groups excluding carboxylic acids is 1. The average Bonchev–Trinajstić information content (AvgIpc) is 2.72. The van der Waals surface area contributed by atoms with Gasteiger partial charge in [0.1, 0.15) is 17.3 Å². The predicted octanol–water partition coefficient (Wildman–Crippen LogP) is 3.78. The molecule has 1 aliphatic rings. The van der Waals surface area contributed by atoms with Gasteiger partial charge in [-0.05, 0) is 12.1 Å². The quantitative estimate of drug-likeness (QED) is 0.341. The van der Waals surface area contributed by atoms with Crippen LogP contribution in [0.5, 0.6) is 0 Å². The molecule has 0 N–H and O–H groups in total. The fourth-order valence-corrected chi connectivity index (χ4v) is 2.35. The molecule has 2 rings (SSSR count). The summed E-state index contributed by atoms with van der Waals surface area (Å²) in [6.07, 6.45) is -5.28. The Labute approximate surface area is 135 Å². The van der Waals surface area contributed by atoms with Crippen LogP contribution in [0.3, 0.4) is 0 Å². The normalized spacial score (nSPS) is 24.2. The summed E-state index contributed by atoms with van der Waals surface area (Å²) in [4.78, 5) is 15.1. The lowest BCUT2D eigenvalue weighted by molar-refractivity contribution is -0.356. The second-order valence-electron chi connectivity index (χ2n) is 4.44. The van der Waals surface area contributed by atoms with Gasteiger partial charge in [0.25, 0.3) is 0 Å². The van der Waals surface area contributed by atoms with Crippen LogP contribution in [0, 0.1) is 11.6 Å². The Morgan fingerprint density at radius 1 is 1.35 bits per heavy atom. The standard InChI is InChI=1S/C12H6Cl2F5NO3/c1-4(21)22-11(12(17,18)19)10(14)9(20-23-11)5-2-8(16)6(13)3-7(5)15/h2-3,10H,1H3. The van der Waals surface area contributed by atoms with E-state index in [1.165, 1.54) is 0 Å². The highest BCUT2D eigenvalue weighted by Gasteiger charge is 2.70. The van der Waals surface area contributed by atoms with Crippen molar-refractivity contribution in [3.05, 3.63) is 34.4 Å². The smallest absolute Gasteiger partial charge is 0.411 e. The number of esters is 1. The van der Waals surface area contributed by atoms with Gasteiger partial charge in [0.2, 0.25) is 0 Å². The van der Waals surface area contributed by atoms with Gasteiger partial charge < -0.3 is 9.57 Å². The molecular formula is C12H6Cl2F5NO3. The number of rotatable bonds is 2. The van der Waals surface area contributed by atoms with Crippen molar-refractivity contribution in [3.8, 4) is 0 Å². The van der Waals surface area contributed by atoms with Crippen molar-refractivity contribution >= 4 is 34.9 Å². The average molecular weight is 378 g/mol. The van der Waals surface area contributed by atoms with Crippen LogP contribution in [-0.4, -0.2) is 29.0 Å². The highest BCUT2D eigenvalue weighted by Crippen LogP contribution is 2.45. The van der Waals surface area contributed by atoms with Crippen LogP contribution in [0.4, 0.5) is 22.0 Å². The van der Waals surface area contributed by atoms with Crippen LogP contribution < -0.4 is 0 Å². The molecule has 2 unspecified atom stereocenters. The first-order valence-electron chi connectivity index (χ1n) is 5.81. The lowest BCUT2D eigenvalue weighted by atomic mass is 10.0. The predicted molar refractivity (Wildman–Crippen MR) is 69.2 cm³/mol. The van der Waals surface area contributed by atoms with E-state index < -0.39 is 51.2 Å². The van der Waals surface area contributed by atoms with E-state index in [0.717, 1.165) is 0 Å². The fourth-order valence-electron chi connectivity index (χ4n) is 1.83. The highest BCUT2D eigenvalue weighted by molar-refractivity contribution is 6.36. The van der Waals surface area contributed by atoms with Gasteiger partial charge in [-0.2, -0.15) is 13.2 Å². The Kier molecular flexibility index (Phi) is 4.46. The van der Waals surface area contributed by atoms with E-state index in [1.54, 1.807) is 0 Å². The number of benzene rings is 1. The summed E-state index contributed by atoms with van der Waals surface area (Å²) < 4.78 is 71.0. The van der Waals surface area contributed by atoms with Gasteiger partial charge in [-0.25, -0.2) is 8.78 Å². The molecule has 0 spiro atoms. The Morgan fingerprint density at radius 3 is 2.48 bits per heavy atom. The molecule has 0 aromatic heterocycles. The maximum atomic E-state index is 13.8. The first kappa shape index (κ1) is 17.7. The van der Waals surface area contributed by atoms with Crippen molar-refractivity contribution in [2.45, 2.75) is 24.3 Å². The third-order valence-electron chi connectivity index (χ3n) is 2.83. The molecule has 1 aromatic rings. The minimum absolute atomic E-state index is 0.509. The fraction of sp³-hybridized carbons (Fsp3) is 0.333. The van der Waals surface area contributed by atoms with Crippen molar-refractivity contribution in [3.63, 3.8) is 0 Å². The minimum Gasteiger partial charge on any atom is -0.411 e. The number of halogens is 7. The summed E-state index contributed by atoms with van der Waals surface area (Å²) in [5.41, 5.74) is -1.50. The second-order valence-corrected chi connectivity index (χ2v) is 5.28. The lowest BCUT2D eigenvalue weighted by Crippen LogP contribution is -2.56. The Bertz CT molecular complexity index is 694. The molecule has 0 bridgehead atoms. The zero-order valence-electron chi connectivity index (χ0n) is 11.0. The summed E-state index contributed by atoms with van der Waals surface area (Å²) in [5.74, 6) is -7.28. The van der Waals surface area contributed by atoms with Crippen LogP contribution in [0.15, 0.2) is 17.3 Å². The van der Waals surface area contributed by atoms with E-state index in [4.69, 9.17) is 23.2 Å². The topological polar surface area (TPSA) is 47.9 Å². The summed E-state index contributed by atoms with van der Waals surface area (Å²) >= 11 is 11.0. The molecule has 1 aliphatic heterocycles. The van der Waals surface area contributed by atoms with Gasteiger partial charge in [-0.1, -0.05) is 16.8 Å². The summed E-state index contributed by atoms with van der Waals surface area (Å²) in [6.45, 7) is 0.695. The minimum atomic E-state index is -5.28. The Morgan fingerprint density at radius 2 is 1.96 bits per heavy atom. The molecule has 0 saturated heterocycles. The Hall–Kier alpha value is -1.61. The van der Waals surface area contributed by atoms with E-state index >= 15 is 0 Å². The van der Waals surface area contributed by atoms with Crippen LogP contribution >= 0.6 is 23.2 Å². The largest absolute Gasteiger partial charge is 0.472 e. The first-order chi connectivity index (χ1) is 10.5. The summed E-state index contributed by atoms with van der Waals surface area (Å²) in [6, 6.07) is 1.05. The number of carbonyl (C=O) groups is 1. The monoisotopic (exact) mass is 377 g/mol. The van der Waals surface area contributed by atoms with E-state index in [-0.39, 0.29) is 0 Å². The maximum Gasteiger partial charge on any atom is 0.472 e. The molecule has 2 atom stereocenters. The molecule has 23 heavy (non-hydrogen) atoms. The zero-order valence-corrected chi connectivity index (χ0v) is 12.6. The number of hydrogen-bond donors (Lipinski definition) is 0. The molecule has 4 nitrogen and oxygen atoms in total. The first-order valence-corrected chi connectivity index (χ1v) is 6.62. The van der Waals surface area contributed by atoms with E-state index in [0.29, 0.717) is 19.1 Å². The van der Waals surface area contributed by atoms with Gasteiger partial charge >= 0.3 is 17.9 Å². The molecule has 0 amide bonds. The van der Waals surface area contributed by atoms with Gasteiger partial charge in [0, 0.05) is 12.5 Å². The molecule has 1 aromatic carbocycles. The molecule has 11 heteroatoms. The van der Waals surface area contributed by atoms with Crippen molar-refractivity contribution in [2.24, 2.45) is 5.16 Å². The van der Waals surface area contributed by atoms with E-state index in [2.05, 4.69) is 14.7 Å². The number of hydrogen-bond acceptors (Lipinski definition) is 4. The van der Waals surface area contributed by atoms with Crippen LogP contribution in [-0.2, 0) is 14.4 Å². The van der Waals surface area contributed by atoms with Crippen molar-refractivity contribution < 1.29 is 36.3 Å². The Balaban J connectivity index is 2.49. The number of nitrogens with zero attached hydrogens (tertiary/aromatic N) is 1. The number of ether oxygens (including phenoxy) is 1. The zero-order chi connectivity index (χ0) is 17.6. The van der Waals surface area contributed by atoms with E-state index in [9.17, 15) is 26.7 Å². The molecule has 0 aliphatic carbocycles. The van der Waals surface area contributed by atoms with Crippen molar-refractivity contribution in [2.75, 3.05) is 0 Å². The summed E-state index contributed by atoms with van der Waals surface area (Å²) in [7, 11) is 0. The summed E-state index contributed by atoms with van der Waals surface area (Å²) in [5, 5.41) is 0.183. The molecule has 126 valence electrons. The second kappa shape index (κ2) is 5.79. The van der Waals surface area contributed by atoms with E-state index in [1.807, 2.05) is 0 Å². The van der Waals surface area contributed by atoms with Crippen LogP contribution in [0.2, 0.25) is 5.02 Å². The molecular weight excluding hydrogens is 372 g/mol. The highest BCUT2D eigenvalue weighted by atomic mass is 35.5. The molecule has 0 fully saturated rings. The van der Waals surface area contributed by atoms with Crippen LogP contribution in [0.1, 0.15) is 12.5 Å². The van der Waals surface area contributed by atoms with Gasteiger partial charge in [-0.15, -0.1) is 11.6 Å². The van der Waals surface area contributed by atoms with Gasteiger partial charge in [-0.3, -0.25) is 4.79 Å². The third kappa shape index (κ3) is 2.94. The maximum absolute atomic E-state index is 13.8. The molecule has 0 radical (unpaired) electrons. The van der Waals surface area contributed by atoms with Crippen LogP contribution in [0.25, 0.3) is 0 Å². The molecule has 1 heterocycles. The lowest BCUT2D eigenvalue weighted by Gasteiger charge is -2.30. The van der Waals surface area contributed by atoms with Crippen molar-refractivity contribution in [1.82, 2.24) is 0 Å². The van der Waals surface area contributed by atoms with Gasteiger partial charge in [0.15, 0.2) is 5.38 Å².